The van der Waals surface area contributed by atoms with Gasteiger partial charge in [0.05, 0.1) is 0 Å². The second-order valence-corrected chi connectivity index (χ2v) is 13.0. The van der Waals surface area contributed by atoms with Crippen LogP contribution in [-0.4, -0.2) is 0 Å². The number of hydrogen-bond acceptors (Lipinski definition) is 0. The fourth-order valence-electron chi connectivity index (χ4n) is 8.08. The van der Waals surface area contributed by atoms with E-state index in [4.69, 9.17) is 0 Å². The van der Waals surface area contributed by atoms with Crippen LogP contribution in [0.4, 0.5) is 0 Å². The third-order valence-corrected chi connectivity index (χ3v) is 10.4. The van der Waals surface area contributed by atoms with Gasteiger partial charge in [0.15, 0.2) is 0 Å². The van der Waals surface area contributed by atoms with Crippen molar-refractivity contribution in [2.24, 2.45) is 0 Å². The summed E-state index contributed by atoms with van der Waals surface area (Å²) in [7, 11) is 0. The van der Waals surface area contributed by atoms with Gasteiger partial charge in [0.1, 0.15) is 0 Å². The summed E-state index contributed by atoms with van der Waals surface area (Å²) in [4.78, 5) is 0. The Balaban J connectivity index is 1.13. The molecule has 11 aromatic rings. The predicted molar refractivity (Wildman–Crippen MR) is 202 cm³/mol. The predicted octanol–water partition coefficient (Wildman–Crippen LogP) is 13.2. The van der Waals surface area contributed by atoms with E-state index in [1.54, 1.807) is 0 Å². The van der Waals surface area contributed by atoms with Crippen molar-refractivity contribution in [3.05, 3.63) is 158 Å². The highest BCUT2D eigenvalue weighted by atomic mass is 14.1. The minimum Gasteiger partial charge on any atom is -0.0616 e. The summed E-state index contributed by atoms with van der Waals surface area (Å²) >= 11 is 0. The molecule has 0 nitrogen and oxygen atoms in total. The Labute approximate surface area is 264 Å². The highest BCUT2D eigenvalue weighted by Crippen LogP contribution is 2.39. The van der Waals surface area contributed by atoms with Crippen molar-refractivity contribution in [3.8, 4) is 0 Å². The van der Waals surface area contributed by atoms with E-state index in [-0.39, 0.29) is 0 Å². The van der Waals surface area contributed by atoms with Gasteiger partial charge in [-0.1, -0.05) is 84.9 Å². The molecule has 0 fully saturated rings. The summed E-state index contributed by atoms with van der Waals surface area (Å²) in [6.07, 6.45) is 0. The Morgan fingerprint density at radius 1 is 0.152 bits per heavy atom. The van der Waals surface area contributed by atoms with Gasteiger partial charge < -0.3 is 0 Å². The first-order chi connectivity index (χ1) is 22.7. The van der Waals surface area contributed by atoms with Crippen LogP contribution in [-0.2, 0) is 0 Å². The molecule has 0 aromatic heterocycles. The summed E-state index contributed by atoms with van der Waals surface area (Å²) < 4.78 is 0. The van der Waals surface area contributed by atoms with Crippen molar-refractivity contribution in [1.82, 2.24) is 0 Å². The average molecular weight is 579 g/mol. The molecule has 11 aromatic carbocycles. The van der Waals surface area contributed by atoms with Gasteiger partial charge in [0.25, 0.3) is 0 Å². The summed E-state index contributed by atoms with van der Waals surface area (Å²) in [5, 5.41) is 25.9. The van der Waals surface area contributed by atoms with Crippen LogP contribution in [0.5, 0.6) is 0 Å². The fourth-order valence-corrected chi connectivity index (χ4v) is 8.08. The molecule has 0 unspecified atom stereocenters. The minimum absolute atomic E-state index is 1.28. The largest absolute Gasteiger partial charge is 0.0616 e. The van der Waals surface area contributed by atoms with Gasteiger partial charge in [-0.15, -0.1) is 0 Å². The highest BCUT2D eigenvalue weighted by molar-refractivity contribution is 6.25. The van der Waals surface area contributed by atoms with E-state index >= 15 is 0 Å². The molecule has 210 valence electrons. The van der Waals surface area contributed by atoms with Crippen molar-refractivity contribution >= 4 is 108 Å². The summed E-state index contributed by atoms with van der Waals surface area (Å²) in [6, 6.07) is 59.5. The molecule has 0 radical (unpaired) electrons. The first-order valence-electron chi connectivity index (χ1n) is 16.1. The molecule has 0 spiro atoms. The van der Waals surface area contributed by atoms with Gasteiger partial charge in [-0.3, -0.25) is 0 Å². The number of rotatable bonds is 0. The Hall–Kier alpha value is -5.98. The molecule has 0 heteroatoms. The van der Waals surface area contributed by atoms with Gasteiger partial charge in [0.2, 0.25) is 0 Å². The molecule has 0 bridgehead atoms. The molecule has 0 atom stereocenters. The van der Waals surface area contributed by atoms with Crippen molar-refractivity contribution in [1.29, 1.82) is 0 Å². The first-order valence-corrected chi connectivity index (χ1v) is 16.1. The lowest BCUT2D eigenvalue weighted by molar-refractivity contribution is 1.79. The maximum Gasteiger partial charge on any atom is -0.00987 e. The Morgan fingerprint density at radius 2 is 0.391 bits per heavy atom. The molecule has 0 saturated carbocycles. The zero-order valence-electron chi connectivity index (χ0n) is 25.0. The second-order valence-electron chi connectivity index (χ2n) is 13.0. The lowest BCUT2D eigenvalue weighted by Gasteiger charge is -2.13. The smallest absolute Gasteiger partial charge is 0.00987 e. The molecule has 0 aliphatic rings. The lowest BCUT2D eigenvalue weighted by atomic mass is 9.91. The molecule has 0 heterocycles. The van der Waals surface area contributed by atoms with Crippen LogP contribution in [0.25, 0.3) is 108 Å². The van der Waals surface area contributed by atoms with E-state index < -0.39 is 0 Å². The summed E-state index contributed by atoms with van der Waals surface area (Å²) in [6.45, 7) is 0. The first kappa shape index (κ1) is 24.4. The van der Waals surface area contributed by atoms with Gasteiger partial charge in [-0.05, 0) is 181 Å². The van der Waals surface area contributed by atoms with Crippen molar-refractivity contribution in [2.45, 2.75) is 0 Å². The van der Waals surface area contributed by atoms with Crippen molar-refractivity contribution in [3.63, 3.8) is 0 Å². The minimum atomic E-state index is 1.28. The molecular weight excluding hydrogens is 553 g/mol. The third-order valence-electron chi connectivity index (χ3n) is 10.4. The normalized spacial score (nSPS) is 12.3. The standard InChI is InChI=1S/C46H26/c1-3-7-29-17-35-23-39-25-45-31(19-37(39)21-33(35)15-27(29)5-1)9-11-41-42-12-10-32-20-38-22-34-16-28-6-2-4-8-30(28)18-36(34)24-40(38)26-46(32)44(42)14-13-43(41)45/h1-26H. The molecule has 11 rings (SSSR count). The fraction of sp³-hybridized carbons (Fsp3) is 0. The molecule has 0 N–H and O–H groups in total. The number of hydrogen-bond donors (Lipinski definition) is 0. The highest BCUT2D eigenvalue weighted by Gasteiger charge is 2.11. The molecule has 46 heavy (non-hydrogen) atoms. The van der Waals surface area contributed by atoms with Crippen LogP contribution in [0, 0.1) is 0 Å². The van der Waals surface area contributed by atoms with Crippen molar-refractivity contribution in [2.75, 3.05) is 0 Å². The molecule has 0 saturated heterocycles. The van der Waals surface area contributed by atoms with Crippen LogP contribution in [0.1, 0.15) is 0 Å². The maximum absolute atomic E-state index is 2.40. The van der Waals surface area contributed by atoms with Gasteiger partial charge in [0, 0.05) is 0 Å². The maximum atomic E-state index is 2.40. The van der Waals surface area contributed by atoms with E-state index in [1.807, 2.05) is 0 Å². The summed E-state index contributed by atoms with van der Waals surface area (Å²) in [5.41, 5.74) is 0. The number of benzene rings is 11. The van der Waals surface area contributed by atoms with E-state index in [1.165, 1.54) is 108 Å². The van der Waals surface area contributed by atoms with Gasteiger partial charge in [-0.2, -0.15) is 0 Å². The van der Waals surface area contributed by atoms with E-state index in [0.717, 1.165) is 0 Å². The monoisotopic (exact) mass is 578 g/mol. The summed E-state index contributed by atoms with van der Waals surface area (Å²) in [5.74, 6) is 0. The lowest BCUT2D eigenvalue weighted by Crippen LogP contribution is -1.85. The Bertz CT molecular complexity index is 2910. The Kier molecular flexibility index (Phi) is 4.66. The van der Waals surface area contributed by atoms with Crippen LogP contribution in [0.3, 0.4) is 0 Å². The number of fused-ring (bicyclic) bond motifs is 13. The van der Waals surface area contributed by atoms with Crippen LogP contribution in [0.2, 0.25) is 0 Å². The quantitative estimate of drug-likeness (QED) is 0.124. The molecular formula is C46H26. The van der Waals surface area contributed by atoms with E-state index in [0.29, 0.717) is 0 Å². The topological polar surface area (TPSA) is 0 Å². The SMILES string of the molecule is c1ccc2cc3cc4cc5c(ccc6c5ccc5c7cc8cc9cc%10ccccc%10cc9cc8cc7ccc56)cc4cc3cc2c1. The molecule has 0 aliphatic heterocycles. The van der Waals surface area contributed by atoms with Crippen LogP contribution >= 0.6 is 0 Å². The third kappa shape index (κ3) is 3.44. The van der Waals surface area contributed by atoms with E-state index in [9.17, 15) is 0 Å². The zero-order valence-corrected chi connectivity index (χ0v) is 25.0. The Morgan fingerprint density at radius 3 is 0.739 bits per heavy atom. The van der Waals surface area contributed by atoms with Crippen LogP contribution in [0.15, 0.2) is 158 Å². The molecule has 0 amide bonds. The molecule has 0 aliphatic carbocycles. The average Bonchev–Trinajstić information content (AvgIpc) is 3.09. The van der Waals surface area contributed by atoms with Crippen molar-refractivity contribution < 1.29 is 0 Å². The van der Waals surface area contributed by atoms with Gasteiger partial charge in [-0.25, -0.2) is 0 Å². The zero-order chi connectivity index (χ0) is 29.9. The second kappa shape index (κ2) is 8.81. The van der Waals surface area contributed by atoms with Crippen LogP contribution < -0.4 is 0 Å². The van der Waals surface area contributed by atoms with E-state index in [2.05, 4.69) is 158 Å². The van der Waals surface area contributed by atoms with Gasteiger partial charge >= 0.3 is 0 Å².